The van der Waals surface area contributed by atoms with Crippen molar-refractivity contribution in [1.29, 1.82) is 0 Å². The maximum Gasteiger partial charge on any atom is 0.256 e. The van der Waals surface area contributed by atoms with E-state index in [9.17, 15) is 9.59 Å². The third-order valence-electron chi connectivity index (χ3n) is 2.78. The van der Waals surface area contributed by atoms with Crippen LogP contribution < -0.4 is 11.1 Å². The minimum absolute atomic E-state index is 0.0125. The highest BCUT2D eigenvalue weighted by Crippen LogP contribution is 2.21. The van der Waals surface area contributed by atoms with Crippen LogP contribution in [0, 0.1) is 0 Å². The van der Waals surface area contributed by atoms with Crippen molar-refractivity contribution in [2.45, 2.75) is 6.92 Å². The topological polar surface area (TPSA) is 72.2 Å². The van der Waals surface area contributed by atoms with Gasteiger partial charge in [0.15, 0.2) is 5.78 Å². The monoisotopic (exact) mass is 332 g/mol. The largest absolute Gasteiger partial charge is 0.399 e. The van der Waals surface area contributed by atoms with Crippen LogP contribution >= 0.6 is 15.9 Å². The van der Waals surface area contributed by atoms with Crippen LogP contribution in [0.1, 0.15) is 27.6 Å². The molecule has 102 valence electrons. The molecule has 2 aromatic carbocycles. The van der Waals surface area contributed by atoms with Gasteiger partial charge in [0.25, 0.3) is 5.91 Å². The number of ketones is 1. The number of nitrogens with one attached hydrogen (secondary N) is 1. The lowest BCUT2D eigenvalue weighted by molar-refractivity contribution is 0.101. The second-order valence-electron chi connectivity index (χ2n) is 4.33. The molecule has 0 atom stereocenters. The third-order valence-corrected chi connectivity index (χ3v) is 3.48. The van der Waals surface area contributed by atoms with E-state index in [0.29, 0.717) is 27.0 Å². The van der Waals surface area contributed by atoms with Gasteiger partial charge in [-0.2, -0.15) is 0 Å². The quantitative estimate of drug-likeness (QED) is 0.667. The Kier molecular flexibility index (Phi) is 4.20. The number of nitrogens with two attached hydrogens (primary N) is 1. The molecule has 0 unspecified atom stereocenters. The number of carbonyl (C=O) groups excluding carboxylic acids is 2. The minimum atomic E-state index is -0.264. The van der Waals surface area contributed by atoms with Crippen LogP contribution in [0.15, 0.2) is 46.9 Å². The van der Waals surface area contributed by atoms with Gasteiger partial charge < -0.3 is 11.1 Å². The van der Waals surface area contributed by atoms with Crippen LogP contribution in [0.4, 0.5) is 11.4 Å². The molecule has 5 heteroatoms. The lowest BCUT2D eigenvalue weighted by atomic mass is 10.1. The summed E-state index contributed by atoms with van der Waals surface area (Å²) in [5, 5.41) is 2.76. The van der Waals surface area contributed by atoms with Crippen LogP contribution in [-0.2, 0) is 0 Å². The molecule has 0 aliphatic carbocycles. The number of halogens is 1. The van der Waals surface area contributed by atoms with Crippen molar-refractivity contribution in [2.24, 2.45) is 0 Å². The number of anilines is 2. The standard InChI is InChI=1S/C15H13BrN2O2/c1-9(19)10-2-5-12(6-3-10)18-15(20)13-8-11(17)4-7-14(13)16/h2-8H,17H2,1H3,(H,18,20). The number of nitrogen functional groups attached to an aromatic ring is 1. The van der Waals surface area contributed by atoms with E-state index in [1.807, 2.05) is 0 Å². The summed E-state index contributed by atoms with van der Waals surface area (Å²) in [6.07, 6.45) is 0. The second kappa shape index (κ2) is 5.88. The van der Waals surface area contributed by atoms with Gasteiger partial charge >= 0.3 is 0 Å². The lowest BCUT2D eigenvalue weighted by Crippen LogP contribution is -2.13. The van der Waals surface area contributed by atoms with Crippen LogP contribution in [0.5, 0.6) is 0 Å². The van der Waals surface area contributed by atoms with E-state index in [-0.39, 0.29) is 11.7 Å². The highest BCUT2D eigenvalue weighted by Gasteiger charge is 2.11. The number of benzene rings is 2. The van der Waals surface area contributed by atoms with Crippen molar-refractivity contribution >= 4 is 39.0 Å². The van der Waals surface area contributed by atoms with E-state index < -0.39 is 0 Å². The number of rotatable bonds is 3. The average molecular weight is 333 g/mol. The summed E-state index contributed by atoms with van der Waals surface area (Å²) in [5.74, 6) is -0.277. The highest BCUT2D eigenvalue weighted by atomic mass is 79.9. The molecule has 0 aromatic heterocycles. The van der Waals surface area contributed by atoms with Gasteiger partial charge in [0, 0.05) is 21.4 Å². The smallest absolute Gasteiger partial charge is 0.256 e. The van der Waals surface area contributed by atoms with Gasteiger partial charge in [0.1, 0.15) is 0 Å². The zero-order valence-corrected chi connectivity index (χ0v) is 12.4. The zero-order valence-electron chi connectivity index (χ0n) is 10.8. The molecule has 2 aromatic rings. The van der Waals surface area contributed by atoms with Crippen molar-refractivity contribution < 1.29 is 9.59 Å². The summed E-state index contributed by atoms with van der Waals surface area (Å²) in [7, 11) is 0. The summed E-state index contributed by atoms with van der Waals surface area (Å²) >= 11 is 3.31. The van der Waals surface area contributed by atoms with Gasteiger partial charge in [0.2, 0.25) is 0 Å². The van der Waals surface area contributed by atoms with Crippen LogP contribution in [0.2, 0.25) is 0 Å². The molecule has 0 spiro atoms. The van der Waals surface area contributed by atoms with Gasteiger partial charge in [-0.3, -0.25) is 9.59 Å². The Hall–Kier alpha value is -2.14. The van der Waals surface area contributed by atoms with Gasteiger partial charge in [-0.05, 0) is 65.3 Å². The molecule has 0 fully saturated rings. The van der Waals surface area contributed by atoms with Crippen molar-refractivity contribution in [3.05, 3.63) is 58.1 Å². The van der Waals surface area contributed by atoms with E-state index in [0.717, 1.165) is 0 Å². The van der Waals surface area contributed by atoms with Crippen molar-refractivity contribution in [3.8, 4) is 0 Å². The molecular formula is C15H13BrN2O2. The maximum atomic E-state index is 12.1. The minimum Gasteiger partial charge on any atom is -0.399 e. The van der Waals surface area contributed by atoms with Gasteiger partial charge in [-0.1, -0.05) is 0 Å². The Morgan fingerprint density at radius 3 is 2.35 bits per heavy atom. The highest BCUT2D eigenvalue weighted by molar-refractivity contribution is 9.10. The molecule has 0 radical (unpaired) electrons. The van der Waals surface area contributed by atoms with Crippen LogP contribution in [0.3, 0.4) is 0 Å². The molecular weight excluding hydrogens is 320 g/mol. The van der Waals surface area contributed by atoms with E-state index in [1.165, 1.54) is 6.92 Å². The average Bonchev–Trinajstić information content (AvgIpc) is 2.42. The first-order valence-corrected chi connectivity index (χ1v) is 6.74. The molecule has 20 heavy (non-hydrogen) atoms. The van der Waals surface area contributed by atoms with E-state index in [1.54, 1.807) is 42.5 Å². The number of hydrogen-bond acceptors (Lipinski definition) is 3. The Bertz CT molecular complexity index is 666. The Labute approximate surface area is 125 Å². The first-order valence-electron chi connectivity index (χ1n) is 5.95. The molecule has 0 aliphatic rings. The van der Waals surface area contributed by atoms with Crippen molar-refractivity contribution in [2.75, 3.05) is 11.1 Å². The Balaban J connectivity index is 2.19. The van der Waals surface area contributed by atoms with E-state index in [2.05, 4.69) is 21.2 Å². The fourth-order valence-corrected chi connectivity index (χ4v) is 2.13. The zero-order chi connectivity index (χ0) is 14.7. The number of hydrogen-bond donors (Lipinski definition) is 2. The molecule has 0 saturated heterocycles. The SMILES string of the molecule is CC(=O)c1ccc(NC(=O)c2cc(N)ccc2Br)cc1. The fourth-order valence-electron chi connectivity index (χ4n) is 1.70. The van der Waals surface area contributed by atoms with E-state index in [4.69, 9.17) is 5.73 Å². The second-order valence-corrected chi connectivity index (χ2v) is 5.18. The third kappa shape index (κ3) is 3.24. The summed E-state index contributed by atoms with van der Waals surface area (Å²) < 4.78 is 0.671. The first kappa shape index (κ1) is 14.3. The molecule has 1 amide bonds. The Morgan fingerprint density at radius 1 is 1.10 bits per heavy atom. The van der Waals surface area contributed by atoms with Crippen molar-refractivity contribution in [3.63, 3.8) is 0 Å². The number of amides is 1. The normalized spacial score (nSPS) is 10.1. The fraction of sp³-hybridized carbons (Fsp3) is 0.0667. The number of carbonyl (C=O) groups is 2. The lowest BCUT2D eigenvalue weighted by Gasteiger charge is -2.08. The first-order chi connectivity index (χ1) is 9.47. The van der Waals surface area contributed by atoms with Gasteiger partial charge in [0.05, 0.1) is 5.56 Å². The molecule has 3 N–H and O–H groups in total. The molecule has 0 aliphatic heterocycles. The summed E-state index contributed by atoms with van der Waals surface area (Å²) in [6.45, 7) is 1.50. The predicted molar refractivity (Wildman–Crippen MR) is 83.0 cm³/mol. The van der Waals surface area contributed by atoms with Gasteiger partial charge in [-0.15, -0.1) is 0 Å². The Morgan fingerprint density at radius 2 is 1.75 bits per heavy atom. The van der Waals surface area contributed by atoms with E-state index >= 15 is 0 Å². The summed E-state index contributed by atoms with van der Waals surface area (Å²) in [4.78, 5) is 23.3. The molecule has 0 heterocycles. The molecule has 2 rings (SSSR count). The summed E-state index contributed by atoms with van der Waals surface area (Å²) in [6, 6.07) is 11.8. The van der Waals surface area contributed by atoms with Crippen LogP contribution in [-0.4, -0.2) is 11.7 Å². The van der Waals surface area contributed by atoms with Crippen LogP contribution in [0.25, 0.3) is 0 Å². The van der Waals surface area contributed by atoms with Gasteiger partial charge in [-0.25, -0.2) is 0 Å². The predicted octanol–water partition coefficient (Wildman–Crippen LogP) is 3.49. The molecule has 0 bridgehead atoms. The van der Waals surface area contributed by atoms with Crippen molar-refractivity contribution in [1.82, 2.24) is 0 Å². The molecule has 4 nitrogen and oxygen atoms in total. The number of Topliss-reactive ketones (excluding diaryl/α,β-unsaturated/α-hetero) is 1. The summed E-state index contributed by atoms with van der Waals surface area (Å²) in [5.41, 5.74) is 7.88. The molecule has 0 saturated carbocycles. The maximum absolute atomic E-state index is 12.1.